The van der Waals surface area contributed by atoms with Gasteiger partial charge in [0, 0.05) is 6.20 Å². The molecular weight excluding hydrogens is 140 g/mol. The van der Waals surface area contributed by atoms with Gasteiger partial charge in [-0.3, -0.25) is 4.90 Å². The van der Waals surface area contributed by atoms with Crippen molar-refractivity contribution in [3.8, 4) is 0 Å². The summed E-state index contributed by atoms with van der Waals surface area (Å²) in [5.74, 6) is 0.940. The van der Waals surface area contributed by atoms with Crippen molar-refractivity contribution in [3.63, 3.8) is 0 Å². The van der Waals surface area contributed by atoms with Crippen molar-refractivity contribution in [3.05, 3.63) is 35.9 Å². The quantitative estimate of drug-likeness (QED) is 0.509. The molecule has 3 heteroatoms. The maximum absolute atomic E-state index is 5.38. The van der Waals surface area contributed by atoms with Crippen LogP contribution in [0, 0.1) is 0 Å². The first-order valence-electron chi connectivity index (χ1n) is 3.56. The van der Waals surface area contributed by atoms with Gasteiger partial charge in [0.1, 0.15) is 0 Å². The van der Waals surface area contributed by atoms with Crippen LogP contribution in [0.4, 0.5) is 0 Å². The lowest BCUT2D eigenvalue weighted by atomic mass is 10.2. The van der Waals surface area contributed by atoms with Crippen molar-refractivity contribution in [2.45, 2.75) is 0 Å². The van der Waals surface area contributed by atoms with Crippen LogP contribution in [-0.4, -0.2) is 17.5 Å². The minimum Gasteiger partial charge on any atom is -0.423 e. The van der Waals surface area contributed by atoms with Crippen molar-refractivity contribution in [1.82, 2.24) is 4.90 Å². The fourth-order valence-electron chi connectivity index (χ4n) is 1.30. The second-order valence-corrected chi connectivity index (χ2v) is 2.56. The first kappa shape index (κ1) is 5.18. The molecule has 0 spiro atoms. The van der Waals surface area contributed by atoms with Crippen molar-refractivity contribution >= 4 is 6.02 Å². The van der Waals surface area contributed by atoms with Gasteiger partial charge < -0.3 is 4.74 Å². The zero-order valence-corrected chi connectivity index (χ0v) is 5.82. The molecule has 3 nitrogen and oxygen atoms in total. The number of rotatable bonds is 0. The first-order chi connectivity index (χ1) is 5.45. The summed E-state index contributed by atoms with van der Waals surface area (Å²) in [4.78, 5) is 6.14. The highest BCUT2D eigenvalue weighted by Crippen LogP contribution is 2.32. The molecule has 0 atom stereocenters. The van der Waals surface area contributed by atoms with Gasteiger partial charge in [-0.2, -0.15) is 0 Å². The van der Waals surface area contributed by atoms with E-state index in [4.69, 9.17) is 4.74 Å². The predicted molar refractivity (Wildman–Crippen MR) is 40.5 cm³/mol. The van der Waals surface area contributed by atoms with E-state index < -0.39 is 0 Å². The Kier molecular flexibility index (Phi) is 0.733. The molecule has 0 amide bonds. The summed E-state index contributed by atoms with van der Waals surface area (Å²) in [6.45, 7) is 0.729. The van der Waals surface area contributed by atoms with Crippen LogP contribution in [0.25, 0.3) is 0 Å². The third kappa shape index (κ3) is 0.510. The third-order valence-electron chi connectivity index (χ3n) is 1.90. The van der Waals surface area contributed by atoms with Crippen molar-refractivity contribution in [2.75, 3.05) is 6.54 Å². The van der Waals surface area contributed by atoms with Crippen LogP contribution in [0.3, 0.4) is 0 Å². The molecule has 2 heterocycles. The molecule has 0 fully saturated rings. The molecule has 11 heavy (non-hydrogen) atoms. The molecule has 3 rings (SSSR count). The van der Waals surface area contributed by atoms with E-state index in [-0.39, 0.29) is 0 Å². The van der Waals surface area contributed by atoms with Crippen molar-refractivity contribution in [1.29, 1.82) is 0 Å². The lowest BCUT2D eigenvalue weighted by Crippen LogP contribution is -2.22. The second-order valence-electron chi connectivity index (χ2n) is 2.56. The predicted octanol–water partition coefficient (Wildman–Crippen LogP) is 0.983. The van der Waals surface area contributed by atoms with Gasteiger partial charge in [0.2, 0.25) is 0 Å². The topological polar surface area (TPSA) is 24.8 Å². The van der Waals surface area contributed by atoms with Crippen LogP contribution in [-0.2, 0) is 4.74 Å². The zero-order valence-electron chi connectivity index (χ0n) is 5.82. The maximum atomic E-state index is 5.38. The molecule has 0 radical (unpaired) electrons. The van der Waals surface area contributed by atoms with Gasteiger partial charge in [-0.15, -0.1) is 0 Å². The largest absolute Gasteiger partial charge is 0.423 e. The monoisotopic (exact) mass is 146 g/mol. The molecule has 0 aromatic rings. The SMILES string of the molecule is C1=CN2C(=NC1)OC1=C2C=C1. The van der Waals surface area contributed by atoms with Crippen LogP contribution in [0.15, 0.2) is 40.9 Å². The number of aliphatic imine (C=N–C) groups is 1. The molecular formula is C8H6N2O. The summed E-state index contributed by atoms with van der Waals surface area (Å²) in [6, 6.07) is 0.711. The summed E-state index contributed by atoms with van der Waals surface area (Å²) < 4.78 is 5.38. The van der Waals surface area contributed by atoms with Gasteiger partial charge in [-0.1, -0.05) is 0 Å². The Morgan fingerprint density at radius 2 is 2.45 bits per heavy atom. The number of ether oxygens (including phenoxy) is 1. The molecule has 54 valence electrons. The van der Waals surface area contributed by atoms with E-state index >= 15 is 0 Å². The lowest BCUT2D eigenvalue weighted by molar-refractivity contribution is 0.419. The Hall–Kier alpha value is -1.51. The average Bonchev–Trinajstić information content (AvgIpc) is 2.23. The van der Waals surface area contributed by atoms with Gasteiger partial charge in [0.05, 0.1) is 12.2 Å². The fourth-order valence-corrected chi connectivity index (χ4v) is 1.30. The molecule has 0 saturated heterocycles. The first-order valence-corrected chi connectivity index (χ1v) is 3.56. The van der Waals surface area contributed by atoms with Crippen molar-refractivity contribution < 1.29 is 4.74 Å². The molecule has 0 aromatic carbocycles. The minimum absolute atomic E-state index is 0.711. The van der Waals surface area contributed by atoms with E-state index in [1.54, 1.807) is 0 Å². The van der Waals surface area contributed by atoms with E-state index in [0.717, 1.165) is 18.0 Å². The van der Waals surface area contributed by atoms with Gasteiger partial charge in [-0.05, 0) is 18.2 Å². The summed E-state index contributed by atoms with van der Waals surface area (Å²) in [7, 11) is 0. The third-order valence-corrected chi connectivity index (χ3v) is 1.90. The van der Waals surface area contributed by atoms with Crippen LogP contribution in [0.1, 0.15) is 0 Å². The Morgan fingerprint density at radius 3 is 3.27 bits per heavy atom. The average molecular weight is 146 g/mol. The van der Waals surface area contributed by atoms with Gasteiger partial charge in [-0.25, -0.2) is 4.99 Å². The minimum atomic E-state index is 0.711. The highest BCUT2D eigenvalue weighted by molar-refractivity contribution is 5.84. The summed E-state index contributed by atoms with van der Waals surface area (Å²) in [5, 5.41) is 0. The number of hydrogen-bond donors (Lipinski definition) is 0. The Balaban J connectivity index is 2.06. The lowest BCUT2D eigenvalue weighted by Gasteiger charge is -2.15. The standard InChI is InChI=1S/C8H6N2O/c1-4-9-8-10(5-1)6-2-3-7(6)11-8/h1-3,5H,4H2. The van der Waals surface area contributed by atoms with Gasteiger partial charge >= 0.3 is 6.02 Å². The van der Waals surface area contributed by atoms with Gasteiger partial charge in [0.25, 0.3) is 0 Å². The van der Waals surface area contributed by atoms with E-state index in [2.05, 4.69) is 4.99 Å². The number of hydrogen-bond acceptors (Lipinski definition) is 3. The second kappa shape index (κ2) is 1.56. The molecule has 2 aliphatic heterocycles. The number of allylic oxidation sites excluding steroid dienone is 2. The number of nitrogens with zero attached hydrogens (tertiary/aromatic N) is 2. The Labute approximate surface area is 64.0 Å². The molecule has 0 N–H and O–H groups in total. The Bertz CT molecular complexity index is 336. The van der Waals surface area contributed by atoms with Crippen LogP contribution in [0.2, 0.25) is 0 Å². The summed E-state index contributed by atoms with van der Waals surface area (Å²) >= 11 is 0. The highest BCUT2D eigenvalue weighted by Gasteiger charge is 2.31. The number of fused-ring (bicyclic) bond motifs is 2. The number of amidine groups is 1. The summed E-state index contributed by atoms with van der Waals surface area (Å²) in [5.41, 5.74) is 1.12. The fraction of sp³-hybridized carbons (Fsp3) is 0.125. The Morgan fingerprint density at radius 1 is 1.45 bits per heavy atom. The molecule has 0 bridgehead atoms. The highest BCUT2D eigenvalue weighted by atomic mass is 16.5. The van der Waals surface area contributed by atoms with Crippen LogP contribution >= 0.6 is 0 Å². The molecule has 0 saturated carbocycles. The molecule has 1 aliphatic carbocycles. The van der Waals surface area contributed by atoms with Crippen LogP contribution < -0.4 is 0 Å². The van der Waals surface area contributed by atoms with Crippen LogP contribution in [0.5, 0.6) is 0 Å². The van der Waals surface area contributed by atoms with E-state index in [1.807, 2.05) is 29.3 Å². The van der Waals surface area contributed by atoms with E-state index in [0.29, 0.717) is 6.02 Å². The van der Waals surface area contributed by atoms with Crippen molar-refractivity contribution in [2.24, 2.45) is 4.99 Å². The summed E-state index contributed by atoms with van der Waals surface area (Å²) in [6.07, 6.45) is 7.97. The molecule has 3 aliphatic rings. The molecule has 0 aromatic heterocycles. The molecule has 0 unspecified atom stereocenters. The maximum Gasteiger partial charge on any atom is 0.302 e. The zero-order chi connectivity index (χ0) is 7.26. The van der Waals surface area contributed by atoms with E-state index in [1.165, 1.54) is 0 Å². The normalized spacial score (nSPS) is 24.0. The van der Waals surface area contributed by atoms with Gasteiger partial charge in [0.15, 0.2) is 5.76 Å². The van der Waals surface area contributed by atoms with E-state index in [9.17, 15) is 0 Å². The smallest absolute Gasteiger partial charge is 0.302 e.